The van der Waals surface area contributed by atoms with E-state index in [1.54, 1.807) is 6.07 Å². The van der Waals surface area contributed by atoms with E-state index < -0.39 is 0 Å². The molecule has 0 saturated heterocycles. The molecule has 1 rings (SSSR count). The largest absolute Gasteiger partial charge is 0.496 e. The zero-order valence-electron chi connectivity index (χ0n) is 8.29. The van der Waals surface area contributed by atoms with E-state index in [9.17, 15) is 4.39 Å². The molecule has 0 radical (unpaired) electrons. The molecule has 1 atom stereocenters. The maximum absolute atomic E-state index is 12.8. The van der Waals surface area contributed by atoms with Crippen LogP contribution in [0.1, 0.15) is 18.4 Å². The van der Waals surface area contributed by atoms with Crippen molar-refractivity contribution < 1.29 is 14.0 Å². The van der Waals surface area contributed by atoms with Crippen molar-refractivity contribution in [2.45, 2.75) is 12.8 Å². The fourth-order valence-electron chi connectivity index (χ4n) is 1.33. The molecule has 3 nitrogen and oxygen atoms in total. The third-order valence-corrected chi connectivity index (χ3v) is 2.07. The Morgan fingerprint density at radius 1 is 1.50 bits per heavy atom. The summed E-state index contributed by atoms with van der Waals surface area (Å²) in [6, 6.07) is 4.42. The van der Waals surface area contributed by atoms with Crippen LogP contribution in [0.3, 0.4) is 0 Å². The van der Waals surface area contributed by atoms with Gasteiger partial charge in [-0.2, -0.15) is 0 Å². The highest BCUT2D eigenvalue weighted by Crippen LogP contribution is 2.27. The molecule has 0 saturated carbocycles. The summed E-state index contributed by atoms with van der Waals surface area (Å²) in [5.74, 6) is 5.26. The van der Waals surface area contributed by atoms with Gasteiger partial charge in [0.15, 0.2) is 0 Å². The van der Waals surface area contributed by atoms with E-state index in [-0.39, 0.29) is 11.7 Å². The summed E-state index contributed by atoms with van der Waals surface area (Å²) in [5, 5.41) is 0. The fraction of sp³-hybridized carbons (Fsp3) is 0.400. The molecule has 1 aromatic carbocycles. The fourth-order valence-corrected chi connectivity index (χ4v) is 1.33. The highest BCUT2D eigenvalue weighted by atomic mass is 19.1. The van der Waals surface area contributed by atoms with Gasteiger partial charge in [0.05, 0.1) is 13.7 Å². The van der Waals surface area contributed by atoms with Gasteiger partial charge in [-0.05, 0) is 11.6 Å². The number of rotatable bonds is 4. The third kappa shape index (κ3) is 2.43. The average Bonchev–Trinajstić information content (AvgIpc) is 2.17. The molecule has 0 heterocycles. The van der Waals surface area contributed by atoms with Crippen LogP contribution < -0.4 is 10.6 Å². The molecule has 4 heteroatoms. The van der Waals surface area contributed by atoms with E-state index in [1.165, 1.54) is 19.2 Å². The zero-order valence-corrected chi connectivity index (χ0v) is 8.29. The van der Waals surface area contributed by atoms with Crippen molar-refractivity contribution in [3.8, 4) is 5.75 Å². The summed E-state index contributed by atoms with van der Waals surface area (Å²) in [5.41, 5.74) is 0.888. The summed E-state index contributed by atoms with van der Waals surface area (Å²) in [6.45, 7) is 2.31. The van der Waals surface area contributed by atoms with Gasteiger partial charge in [-0.25, -0.2) is 10.3 Å². The first kappa shape index (κ1) is 10.9. The molecule has 1 unspecified atom stereocenters. The molecule has 1 aromatic rings. The van der Waals surface area contributed by atoms with Crippen LogP contribution in [0, 0.1) is 5.82 Å². The van der Waals surface area contributed by atoms with E-state index in [1.807, 2.05) is 6.92 Å². The van der Waals surface area contributed by atoms with E-state index in [4.69, 9.17) is 10.6 Å². The molecule has 2 N–H and O–H groups in total. The van der Waals surface area contributed by atoms with Crippen LogP contribution in [-0.4, -0.2) is 13.7 Å². The Morgan fingerprint density at radius 2 is 2.21 bits per heavy atom. The number of methoxy groups -OCH3 is 1. The van der Waals surface area contributed by atoms with Crippen LogP contribution >= 0.6 is 0 Å². The Kier molecular flexibility index (Phi) is 3.85. The van der Waals surface area contributed by atoms with Gasteiger partial charge in [-0.15, -0.1) is 0 Å². The van der Waals surface area contributed by atoms with Crippen LogP contribution in [0.4, 0.5) is 4.39 Å². The quantitative estimate of drug-likeness (QED) is 0.752. The normalized spacial score (nSPS) is 12.6. The van der Waals surface area contributed by atoms with Crippen molar-refractivity contribution >= 4 is 0 Å². The molecule has 0 spiro atoms. The lowest BCUT2D eigenvalue weighted by atomic mass is 10.0. The standard InChI is InChI=1S/C10H14FNO2/c1-7(6-14-12)9-4-3-8(11)5-10(9)13-2/h3-5,7H,6,12H2,1-2H3. The van der Waals surface area contributed by atoms with Gasteiger partial charge < -0.3 is 9.57 Å². The van der Waals surface area contributed by atoms with Gasteiger partial charge in [-0.1, -0.05) is 13.0 Å². The lowest BCUT2D eigenvalue weighted by molar-refractivity contribution is 0.126. The first-order valence-corrected chi connectivity index (χ1v) is 4.34. The summed E-state index contributed by atoms with van der Waals surface area (Å²) < 4.78 is 17.9. The monoisotopic (exact) mass is 199 g/mol. The second kappa shape index (κ2) is 4.93. The minimum atomic E-state index is -0.313. The summed E-state index contributed by atoms with van der Waals surface area (Å²) in [7, 11) is 1.51. The highest BCUT2D eigenvalue weighted by molar-refractivity contribution is 5.36. The molecule has 0 aromatic heterocycles. The van der Waals surface area contributed by atoms with Crippen molar-refractivity contribution in [2.75, 3.05) is 13.7 Å². The van der Waals surface area contributed by atoms with Gasteiger partial charge in [0.25, 0.3) is 0 Å². The number of nitrogens with two attached hydrogens (primary N) is 1. The Balaban J connectivity index is 2.95. The number of hydrogen-bond donors (Lipinski definition) is 1. The molecular weight excluding hydrogens is 185 g/mol. The second-order valence-corrected chi connectivity index (χ2v) is 3.12. The molecule has 0 aliphatic rings. The number of halogens is 1. The van der Waals surface area contributed by atoms with Gasteiger partial charge in [0, 0.05) is 12.0 Å². The van der Waals surface area contributed by atoms with E-state index in [0.29, 0.717) is 12.4 Å². The van der Waals surface area contributed by atoms with Gasteiger partial charge in [-0.3, -0.25) is 0 Å². The van der Waals surface area contributed by atoms with Crippen molar-refractivity contribution in [1.82, 2.24) is 0 Å². The highest BCUT2D eigenvalue weighted by Gasteiger charge is 2.11. The molecular formula is C10H14FNO2. The number of benzene rings is 1. The van der Waals surface area contributed by atoms with Crippen LogP contribution in [-0.2, 0) is 4.84 Å². The molecule has 0 fully saturated rings. The first-order chi connectivity index (χ1) is 6.69. The predicted octanol–water partition coefficient (Wildman–Crippen LogP) is 1.83. The van der Waals surface area contributed by atoms with E-state index >= 15 is 0 Å². The topological polar surface area (TPSA) is 44.5 Å². The SMILES string of the molecule is COc1cc(F)ccc1C(C)CON. The van der Waals surface area contributed by atoms with E-state index in [0.717, 1.165) is 5.56 Å². The lowest BCUT2D eigenvalue weighted by Gasteiger charge is -2.14. The minimum Gasteiger partial charge on any atom is -0.496 e. The Labute approximate surface area is 82.6 Å². The summed E-state index contributed by atoms with van der Waals surface area (Å²) in [6.07, 6.45) is 0. The Hall–Kier alpha value is -1.13. The molecule has 0 aliphatic heterocycles. The van der Waals surface area contributed by atoms with Crippen molar-refractivity contribution in [1.29, 1.82) is 0 Å². The smallest absolute Gasteiger partial charge is 0.126 e. The summed E-state index contributed by atoms with van der Waals surface area (Å²) in [4.78, 5) is 4.54. The second-order valence-electron chi connectivity index (χ2n) is 3.12. The van der Waals surface area contributed by atoms with Crippen molar-refractivity contribution in [3.05, 3.63) is 29.6 Å². The number of hydrogen-bond acceptors (Lipinski definition) is 3. The van der Waals surface area contributed by atoms with Crippen LogP contribution in [0.25, 0.3) is 0 Å². The molecule has 0 amide bonds. The zero-order chi connectivity index (χ0) is 10.6. The average molecular weight is 199 g/mol. The molecule has 14 heavy (non-hydrogen) atoms. The predicted molar refractivity (Wildman–Crippen MR) is 51.5 cm³/mol. The molecule has 78 valence electrons. The molecule has 0 bridgehead atoms. The van der Waals surface area contributed by atoms with Crippen molar-refractivity contribution in [3.63, 3.8) is 0 Å². The Morgan fingerprint density at radius 3 is 2.79 bits per heavy atom. The maximum atomic E-state index is 12.8. The first-order valence-electron chi connectivity index (χ1n) is 4.34. The van der Waals surface area contributed by atoms with Crippen LogP contribution in [0.5, 0.6) is 5.75 Å². The summed E-state index contributed by atoms with van der Waals surface area (Å²) >= 11 is 0. The number of ether oxygens (including phenoxy) is 1. The van der Waals surface area contributed by atoms with Crippen LogP contribution in [0.2, 0.25) is 0 Å². The maximum Gasteiger partial charge on any atom is 0.126 e. The van der Waals surface area contributed by atoms with Crippen molar-refractivity contribution in [2.24, 2.45) is 5.90 Å². The van der Waals surface area contributed by atoms with E-state index in [2.05, 4.69) is 4.84 Å². The van der Waals surface area contributed by atoms with Gasteiger partial charge in [0.2, 0.25) is 0 Å². The van der Waals surface area contributed by atoms with Gasteiger partial charge >= 0.3 is 0 Å². The Bertz CT molecular complexity index is 304. The minimum absolute atomic E-state index is 0.0792. The van der Waals surface area contributed by atoms with Gasteiger partial charge in [0.1, 0.15) is 11.6 Å². The third-order valence-electron chi connectivity index (χ3n) is 2.07. The lowest BCUT2D eigenvalue weighted by Crippen LogP contribution is -2.09. The molecule has 0 aliphatic carbocycles. The van der Waals surface area contributed by atoms with Crippen LogP contribution in [0.15, 0.2) is 18.2 Å².